The van der Waals surface area contributed by atoms with Crippen molar-refractivity contribution in [1.82, 2.24) is 9.97 Å². The maximum absolute atomic E-state index is 6.03. The fourth-order valence-electron chi connectivity index (χ4n) is 2.27. The number of methoxy groups -OCH3 is 1. The molecular formula is C19H19N3O2. The summed E-state index contributed by atoms with van der Waals surface area (Å²) in [6.07, 6.45) is 1.39. The first-order chi connectivity index (χ1) is 11.4. The number of nitrogens with two attached hydrogens (primary N) is 1. The number of nitrogen functional groups attached to an aromatic ring is 1. The molecule has 0 bridgehead atoms. The number of hydrogen-bond acceptors (Lipinski definition) is 5. The van der Waals surface area contributed by atoms with Crippen LogP contribution in [0.1, 0.15) is 26.3 Å². The van der Waals surface area contributed by atoms with Gasteiger partial charge >= 0.3 is 0 Å². The summed E-state index contributed by atoms with van der Waals surface area (Å²) in [4.78, 5) is 8.24. The van der Waals surface area contributed by atoms with Crippen LogP contribution in [0.15, 0.2) is 35.0 Å². The Bertz CT molecular complexity index is 939. The molecule has 24 heavy (non-hydrogen) atoms. The molecule has 0 atom stereocenters. The molecule has 0 fully saturated rings. The van der Waals surface area contributed by atoms with Gasteiger partial charge in [-0.15, -0.1) is 0 Å². The van der Waals surface area contributed by atoms with Gasteiger partial charge in [-0.25, -0.2) is 9.97 Å². The maximum atomic E-state index is 6.03. The van der Waals surface area contributed by atoms with Gasteiger partial charge in [0.1, 0.15) is 17.9 Å². The summed E-state index contributed by atoms with van der Waals surface area (Å²) in [5.41, 5.74) is 7.92. The van der Waals surface area contributed by atoms with Crippen LogP contribution < -0.4 is 10.5 Å². The van der Waals surface area contributed by atoms with E-state index in [1.165, 1.54) is 6.33 Å². The van der Waals surface area contributed by atoms with Crippen LogP contribution in [0.25, 0.3) is 22.4 Å². The van der Waals surface area contributed by atoms with Crippen molar-refractivity contribution in [3.05, 3.63) is 36.2 Å². The summed E-state index contributed by atoms with van der Waals surface area (Å²) in [7, 11) is 1.63. The lowest BCUT2D eigenvalue weighted by molar-refractivity contribution is 0.415. The molecule has 5 nitrogen and oxygen atoms in total. The molecule has 5 heteroatoms. The van der Waals surface area contributed by atoms with E-state index in [1.54, 1.807) is 7.11 Å². The Kier molecular flexibility index (Phi) is 3.90. The Hall–Kier alpha value is -3.00. The van der Waals surface area contributed by atoms with Crippen LogP contribution >= 0.6 is 0 Å². The lowest BCUT2D eigenvalue weighted by Crippen LogP contribution is -1.99. The number of furan rings is 1. The van der Waals surface area contributed by atoms with Crippen molar-refractivity contribution < 1.29 is 9.15 Å². The second kappa shape index (κ2) is 5.89. The third kappa shape index (κ3) is 3.04. The van der Waals surface area contributed by atoms with Crippen molar-refractivity contribution in [1.29, 1.82) is 0 Å². The monoisotopic (exact) mass is 321 g/mol. The molecule has 122 valence electrons. The molecule has 2 heterocycles. The van der Waals surface area contributed by atoms with Gasteiger partial charge in [0.2, 0.25) is 5.71 Å². The van der Waals surface area contributed by atoms with Crippen LogP contribution in [0, 0.1) is 17.3 Å². The van der Waals surface area contributed by atoms with Gasteiger partial charge in [-0.1, -0.05) is 11.8 Å². The lowest BCUT2D eigenvalue weighted by atomic mass is 9.96. The first-order valence-electron chi connectivity index (χ1n) is 7.59. The smallest absolute Gasteiger partial charge is 0.233 e. The highest BCUT2D eigenvalue weighted by molar-refractivity contribution is 5.95. The van der Waals surface area contributed by atoms with E-state index in [2.05, 4.69) is 42.6 Å². The van der Waals surface area contributed by atoms with Gasteiger partial charge < -0.3 is 14.9 Å². The molecule has 0 saturated carbocycles. The quantitative estimate of drug-likeness (QED) is 0.725. The van der Waals surface area contributed by atoms with Crippen LogP contribution in [0.4, 0.5) is 5.82 Å². The normalized spacial score (nSPS) is 11.2. The number of nitrogens with zero attached hydrogens (tertiary/aromatic N) is 2. The molecule has 0 radical (unpaired) electrons. The second-order valence-electron chi connectivity index (χ2n) is 6.47. The highest BCUT2D eigenvalue weighted by Gasteiger charge is 2.19. The molecule has 2 aromatic heterocycles. The van der Waals surface area contributed by atoms with E-state index < -0.39 is 0 Å². The van der Waals surface area contributed by atoms with Crippen LogP contribution in [-0.4, -0.2) is 17.1 Å². The van der Waals surface area contributed by atoms with Crippen molar-refractivity contribution >= 4 is 16.9 Å². The zero-order valence-corrected chi connectivity index (χ0v) is 14.2. The van der Waals surface area contributed by atoms with Crippen LogP contribution in [-0.2, 0) is 0 Å². The Morgan fingerprint density at radius 3 is 2.46 bits per heavy atom. The molecule has 2 N–H and O–H groups in total. The fourth-order valence-corrected chi connectivity index (χ4v) is 2.27. The Labute approximate surface area is 140 Å². The molecule has 3 aromatic rings. The van der Waals surface area contributed by atoms with Gasteiger partial charge in [-0.3, -0.25) is 0 Å². The number of ether oxygens (including phenoxy) is 1. The summed E-state index contributed by atoms with van der Waals surface area (Å²) < 4.78 is 11.1. The van der Waals surface area contributed by atoms with Gasteiger partial charge in [-0.05, 0) is 45.0 Å². The van der Waals surface area contributed by atoms with E-state index in [0.717, 1.165) is 11.3 Å². The van der Waals surface area contributed by atoms with Crippen LogP contribution in [0.2, 0.25) is 0 Å². The zero-order chi connectivity index (χ0) is 17.3. The van der Waals surface area contributed by atoms with Crippen molar-refractivity contribution in [2.75, 3.05) is 12.8 Å². The summed E-state index contributed by atoms with van der Waals surface area (Å²) in [6, 6.07) is 7.59. The predicted molar refractivity (Wildman–Crippen MR) is 94.5 cm³/mol. The van der Waals surface area contributed by atoms with Gasteiger partial charge in [-0.2, -0.15) is 0 Å². The second-order valence-corrected chi connectivity index (χ2v) is 6.47. The fraction of sp³-hybridized carbons (Fsp3) is 0.263. The van der Waals surface area contributed by atoms with E-state index >= 15 is 0 Å². The van der Waals surface area contributed by atoms with Crippen molar-refractivity contribution in [3.8, 4) is 28.9 Å². The van der Waals surface area contributed by atoms with E-state index in [9.17, 15) is 0 Å². The minimum atomic E-state index is -0.148. The van der Waals surface area contributed by atoms with Crippen LogP contribution in [0.3, 0.4) is 0 Å². The number of aromatic nitrogens is 2. The Morgan fingerprint density at radius 2 is 1.83 bits per heavy atom. The number of fused-ring (bicyclic) bond motifs is 1. The van der Waals surface area contributed by atoms with Gasteiger partial charge in [0, 0.05) is 11.0 Å². The third-order valence-electron chi connectivity index (χ3n) is 3.43. The molecule has 0 amide bonds. The minimum absolute atomic E-state index is 0.148. The van der Waals surface area contributed by atoms with E-state index in [1.807, 2.05) is 24.3 Å². The molecule has 0 saturated heterocycles. The number of benzene rings is 1. The molecule has 0 aliphatic carbocycles. The molecule has 0 aliphatic heterocycles. The molecule has 3 rings (SSSR count). The number of rotatable bonds is 2. The first kappa shape index (κ1) is 15.9. The average molecular weight is 321 g/mol. The van der Waals surface area contributed by atoms with E-state index in [-0.39, 0.29) is 5.41 Å². The molecule has 0 unspecified atom stereocenters. The standard InChI is InChI=1S/C19H19N3O2/c1-19(2,3)10-9-14-15-17(20)21-11-22-18(15)24-16(14)12-5-7-13(23-4)8-6-12/h5-8,11H,1-4H3,(H2,20,21,22). The van der Waals surface area contributed by atoms with E-state index in [4.69, 9.17) is 14.9 Å². The van der Waals surface area contributed by atoms with Gasteiger partial charge in [0.05, 0.1) is 18.1 Å². The lowest BCUT2D eigenvalue weighted by Gasteiger charge is -2.07. The third-order valence-corrected chi connectivity index (χ3v) is 3.43. The highest BCUT2D eigenvalue weighted by atomic mass is 16.5. The summed E-state index contributed by atoms with van der Waals surface area (Å²) in [6.45, 7) is 6.15. The Balaban J connectivity index is 2.25. The zero-order valence-electron chi connectivity index (χ0n) is 14.2. The topological polar surface area (TPSA) is 74.2 Å². The average Bonchev–Trinajstić information content (AvgIpc) is 2.92. The molecule has 1 aromatic carbocycles. The minimum Gasteiger partial charge on any atom is -0.497 e. The van der Waals surface area contributed by atoms with Crippen LogP contribution in [0.5, 0.6) is 5.75 Å². The van der Waals surface area contributed by atoms with Crippen molar-refractivity contribution in [2.45, 2.75) is 20.8 Å². The number of anilines is 1. The Morgan fingerprint density at radius 1 is 1.12 bits per heavy atom. The predicted octanol–water partition coefficient (Wildman–Crippen LogP) is 3.88. The number of hydrogen-bond donors (Lipinski definition) is 1. The van der Waals surface area contributed by atoms with E-state index in [0.29, 0.717) is 28.2 Å². The SMILES string of the molecule is COc1ccc(-c2oc3ncnc(N)c3c2C#CC(C)(C)C)cc1. The van der Waals surface area contributed by atoms with Gasteiger partial charge in [0.25, 0.3) is 0 Å². The molecule has 0 spiro atoms. The summed E-state index contributed by atoms with van der Waals surface area (Å²) >= 11 is 0. The molecular weight excluding hydrogens is 302 g/mol. The van der Waals surface area contributed by atoms with Crippen molar-refractivity contribution in [3.63, 3.8) is 0 Å². The maximum Gasteiger partial charge on any atom is 0.233 e. The first-order valence-corrected chi connectivity index (χ1v) is 7.59. The summed E-state index contributed by atoms with van der Waals surface area (Å²) in [5.74, 6) is 8.21. The highest BCUT2D eigenvalue weighted by Crippen LogP contribution is 2.35. The van der Waals surface area contributed by atoms with Crippen molar-refractivity contribution in [2.24, 2.45) is 5.41 Å². The summed E-state index contributed by atoms with van der Waals surface area (Å²) in [5, 5.41) is 0.653. The largest absolute Gasteiger partial charge is 0.497 e. The van der Waals surface area contributed by atoms with Gasteiger partial charge in [0.15, 0.2) is 5.76 Å². The molecule has 0 aliphatic rings.